The lowest BCUT2D eigenvalue weighted by molar-refractivity contribution is -0.137. The van der Waals surface area contributed by atoms with Gasteiger partial charge in [0, 0.05) is 30.7 Å². The Labute approximate surface area is 266 Å². The van der Waals surface area contributed by atoms with Crippen molar-refractivity contribution < 1.29 is 32.7 Å². The first-order chi connectivity index (χ1) is 21.6. The molecule has 3 aromatic carbocycles. The highest BCUT2D eigenvalue weighted by Gasteiger charge is 2.36. The summed E-state index contributed by atoms with van der Waals surface area (Å²) in [6, 6.07) is 16.7. The third-order valence-corrected chi connectivity index (χ3v) is 7.85. The highest BCUT2D eigenvalue weighted by atomic mass is 19.4. The Morgan fingerprint density at radius 2 is 1.76 bits per heavy atom. The molecule has 0 aromatic heterocycles. The van der Waals surface area contributed by atoms with Crippen molar-refractivity contribution in [3.05, 3.63) is 89.0 Å². The van der Waals surface area contributed by atoms with Crippen molar-refractivity contribution in [3.8, 4) is 11.1 Å². The number of nitrogens with one attached hydrogen (secondary N) is 3. The number of fused-ring (bicyclic) bond motifs is 1. The Morgan fingerprint density at radius 3 is 2.41 bits per heavy atom. The number of urea groups is 1. The minimum absolute atomic E-state index is 0.0204. The number of anilines is 1. The van der Waals surface area contributed by atoms with Crippen LogP contribution in [0.3, 0.4) is 0 Å². The number of primary amides is 1. The molecule has 0 saturated heterocycles. The maximum absolute atomic E-state index is 14.0. The van der Waals surface area contributed by atoms with Crippen LogP contribution in [0, 0.1) is 0 Å². The number of carbonyl (C=O) groups is 3. The van der Waals surface area contributed by atoms with Crippen LogP contribution in [0.2, 0.25) is 0 Å². The minimum atomic E-state index is -4.55. The van der Waals surface area contributed by atoms with Gasteiger partial charge in [0.05, 0.1) is 18.2 Å². The fraction of sp³-hybridized carbons (Fsp3) is 0.382. The first-order valence-electron chi connectivity index (χ1n) is 15.1. The molecule has 1 aliphatic heterocycles. The third-order valence-electron chi connectivity index (χ3n) is 7.85. The van der Waals surface area contributed by atoms with E-state index in [2.05, 4.69) is 16.0 Å². The van der Waals surface area contributed by atoms with Crippen LogP contribution in [-0.2, 0) is 35.3 Å². The quantitative estimate of drug-likeness (QED) is 0.208. The Bertz CT molecular complexity index is 1560. The molecule has 0 bridgehead atoms. The zero-order valence-electron chi connectivity index (χ0n) is 26.1. The second kappa shape index (κ2) is 14.3. The first kappa shape index (κ1) is 34.5. The molecule has 4 amide bonds. The van der Waals surface area contributed by atoms with Crippen LogP contribution in [0.5, 0.6) is 0 Å². The summed E-state index contributed by atoms with van der Waals surface area (Å²) in [5.41, 5.74) is 7.82. The summed E-state index contributed by atoms with van der Waals surface area (Å²) in [5, 5.41) is 18.1. The number of alkyl halides is 3. The van der Waals surface area contributed by atoms with Gasteiger partial charge in [-0.2, -0.15) is 13.2 Å². The van der Waals surface area contributed by atoms with Gasteiger partial charge >= 0.3 is 12.2 Å². The molecule has 0 radical (unpaired) electrons. The van der Waals surface area contributed by atoms with E-state index in [-0.39, 0.29) is 38.9 Å². The van der Waals surface area contributed by atoms with E-state index in [4.69, 9.17) is 5.73 Å². The first-order valence-corrected chi connectivity index (χ1v) is 15.1. The van der Waals surface area contributed by atoms with E-state index in [1.165, 1.54) is 11.0 Å². The molecule has 1 aliphatic rings. The number of aliphatic hydroxyl groups is 1. The number of nitrogens with two attached hydrogens (primary N) is 1. The number of aryl methyl sites for hydroxylation is 1. The van der Waals surface area contributed by atoms with E-state index >= 15 is 0 Å². The van der Waals surface area contributed by atoms with Gasteiger partial charge in [0.1, 0.15) is 6.04 Å². The van der Waals surface area contributed by atoms with E-state index in [0.717, 1.165) is 34.4 Å². The van der Waals surface area contributed by atoms with Crippen molar-refractivity contribution in [3.63, 3.8) is 0 Å². The van der Waals surface area contributed by atoms with Gasteiger partial charge < -0.3 is 31.7 Å². The van der Waals surface area contributed by atoms with E-state index in [1.807, 2.05) is 48.5 Å². The molecule has 46 heavy (non-hydrogen) atoms. The number of carbonyl (C=O) groups excluding carboxylic acids is 3. The van der Waals surface area contributed by atoms with Crippen LogP contribution < -0.4 is 26.6 Å². The number of nitrogens with zero attached hydrogens (tertiary/aromatic N) is 1. The standard InChI is InChI=1S/C34H40F3N5O4/c1-21(43)18-40-33(2,3)17-30(44)41-28-14-12-24-16-26(34(35,36)37)13-15-29(24)42(31(28)45)20-22-8-10-23(11-9-22)27-7-5-4-6-25(27)19-39-32(38)46/h4-11,13,15-16,21,28,40,43H,12,14,17-20H2,1-3H3,(H,41,44)(H3,38,39,46)/t21-,28-/m1/s1. The lowest BCUT2D eigenvalue weighted by atomic mass is 9.98. The Morgan fingerprint density at radius 1 is 1.07 bits per heavy atom. The number of hydrogen-bond donors (Lipinski definition) is 5. The molecule has 0 spiro atoms. The van der Waals surface area contributed by atoms with Gasteiger partial charge in [0.15, 0.2) is 0 Å². The Balaban J connectivity index is 1.60. The van der Waals surface area contributed by atoms with Gasteiger partial charge in [-0.3, -0.25) is 9.59 Å². The van der Waals surface area contributed by atoms with Crippen LogP contribution in [0.4, 0.5) is 23.7 Å². The molecule has 0 aliphatic carbocycles. The molecule has 3 aromatic rings. The summed E-state index contributed by atoms with van der Waals surface area (Å²) in [6.45, 7) is 5.83. The van der Waals surface area contributed by atoms with Crippen LogP contribution >= 0.6 is 0 Å². The number of benzene rings is 3. The van der Waals surface area contributed by atoms with E-state index in [1.54, 1.807) is 20.8 Å². The van der Waals surface area contributed by atoms with Crippen molar-refractivity contribution in [1.82, 2.24) is 16.0 Å². The van der Waals surface area contributed by atoms with Crippen molar-refractivity contribution in [2.75, 3.05) is 11.4 Å². The molecule has 6 N–H and O–H groups in total. The molecule has 4 rings (SSSR count). The highest BCUT2D eigenvalue weighted by Crippen LogP contribution is 2.36. The number of β-amino-alcohol motifs (C(OH)–C–C–N with tert-alkyl or cyclic N) is 1. The second-order valence-electron chi connectivity index (χ2n) is 12.3. The number of hydrogen-bond acceptors (Lipinski definition) is 5. The molecule has 9 nitrogen and oxygen atoms in total. The summed E-state index contributed by atoms with van der Waals surface area (Å²) in [7, 11) is 0. The molecule has 0 fully saturated rings. The van der Waals surface area contributed by atoms with Crippen molar-refractivity contribution >= 4 is 23.5 Å². The molecule has 0 saturated carbocycles. The maximum atomic E-state index is 14.0. The summed E-state index contributed by atoms with van der Waals surface area (Å²) >= 11 is 0. The van der Waals surface area contributed by atoms with E-state index in [0.29, 0.717) is 11.3 Å². The average molecular weight is 640 g/mol. The van der Waals surface area contributed by atoms with Crippen LogP contribution in [0.15, 0.2) is 66.7 Å². The van der Waals surface area contributed by atoms with Crippen molar-refractivity contribution in [2.24, 2.45) is 5.73 Å². The zero-order chi connectivity index (χ0) is 33.6. The molecule has 2 atom stereocenters. The molecular formula is C34H40F3N5O4. The van der Waals surface area contributed by atoms with Crippen molar-refractivity contribution in [1.29, 1.82) is 0 Å². The third kappa shape index (κ3) is 9.07. The number of aliphatic hydroxyl groups excluding tert-OH is 1. The lowest BCUT2D eigenvalue weighted by Crippen LogP contribution is -2.51. The largest absolute Gasteiger partial charge is 0.416 e. The van der Waals surface area contributed by atoms with Gasteiger partial charge in [-0.1, -0.05) is 48.5 Å². The number of amides is 4. The summed E-state index contributed by atoms with van der Waals surface area (Å²) in [6.07, 6.45) is -4.85. The average Bonchev–Trinajstić information content (AvgIpc) is 3.11. The van der Waals surface area contributed by atoms with Crippen LogP contribution in [-0.4, -0.2) is 47.2 Å². The second-order valence-corrected chi connectivity index (χ2v) is 12.3. The lowest BCUT2D eigenvalue weighted by Gasteiger charge is -2.29. The van der Waals surface area contributed by atoms with E-state index in [9.17, 15) is 32.7 Å². The number of rotatable bonds is 11. The highest BCUT2D eigenvalue weighted by molar-refractivity contribution is 6.00. The minimum Gasteiger partial charge on any atom is -0.392 e. The fourth-order valence-corrected chi connectivity index (χ4v) is 5.50. The van der Waals surface area contributed by atoms with E-state index < -0.39 is 47.3 Å². The smallest absolute Gasteiger partial charge is 0.392 e. The molecular weight excluding hydrogens is 599 g/mol. The summed E-state index contributed by atoms with van der Waals surface area (Å²) in [5.74, 6) is -0.814. The van der Waals surface area contributed by atoms with Gasteiger partial charge in [-0.05, 0) is 79.6 Å². The molecule has 12 heteroatoms. The predicted molar refractivity (Wildman–Crippen MR) is 170 cm³/mol. The zero-order valence-corrected chi connectivity index (χ0v) is 26.1. The Kier molecular flexibility index (Phi) is 10.7. The van der Waals surface area contributed by atoms with Crippen LogP contribution in [0.1, 0.15) is 55.9 Å². The van der Waals surface area contributed by atoms with Gasteiger partial charge in [0.2, 0.25) is 11.8 Å². The van der Waals surface area contributed by atoms with Crippen LogP contribution in [0.25, 0.3) is 11.1 Å². The predicted octanol–water partition coefficient (Wildman–Crippen LogP) is 4.64. The molecule has 1 heterocycles. The van der Waals surface area contributed by atoms with Crippen molar-refractivity contribution in [2.45, 2.75) is 77.0 Å². The number of halogens is 3. The van der Waals surface area contributed by atoms with Gasteiger partial charge in [0.25, 0.3) is 0 Å². The molecule has 246 valence electrons. The van der Waals surface area contributed by atoms with Gasteiger partial charge in [-0.15, -0.1) is 0 Å². The SMILES string of the molecule is C[C@@H](O)CNC(C)(C)CC(=O)N[C@@H]1CCc2cc(C(F)(F)F)ccc2N(Cc2ccc(-c3ccccc3CNC(N)=O)cc2)C1=O. The monoisotopic (exact) mass is 639 g/mol. The summed E-state index contributed by atoms with van der Waals surface area (Å²) < 4.78 is 40.8. The normalized spacial score (nSPS) is 15.9. The topological polar surface area (TPSA) is 137 Å². The Hall–Kier alpha value is -4.42. The maximum Gasteiger partial charge on any atom is 0.416 e. The summed E-state index contributed by atoms with van der Waals surface area (Å²) in [4.78, 5) is 39.7. The molecule has 0 unspecified atom stereocenters. The van der Waals surface area contributed by atoms with Gasteiger partial charge in [-0.25, -0.2) is 4.79 Å². The fourth-order valence-electron chi connectivity index (χ4n) is 5.50.